The standard InChI is InChI=1S/C25H27FN8O3/c1-14-6-5-11-33(14)18-8-7-16(12-17(18)26)22-27-10-9-20(29-22)30-23(35)15(2)34-21-19(13-28-34)31(3)25(37)32(4)24(21)36/h7-10,12-15H,5-6,11H2,1-4H3,(H,27,29,30,35). The maximum atomic E-state index is 15.0. The molecule has 1 amide bonds. The van der Waals surface area contributed by atoms with Crippen molar-refractivity contribution in [3.63, 3.8) is 0 Å². The lowest BCUT2D eigenvalue weighted by Crippen LogP contribution is -2.38. The largest absolute Gasteiger partial charge is 0.366 e. The monoisotopic (exact) mass is 506 g/mol. The van der Waals surface area contributed by atoms with Crippen molar-refractivity contribution >= 4 is 28.4 Å². The van der Waals surface area contributed by atoms with Crippen LogP contribution in [0.25, 0.3) is 22.4 Å². The highest BCUT2D eigenvalue weighted by molar-refractivity contribution is 5.93. The Kier molecular flexibility index (Phi) is 6.10. The summed E-state index contributed by atoms with van der Waals surface area (Å²) in [5.74, 6) is -0.343. The number of nitrogens with one attached hydrogen (secondary N) is 1. The van der Waals surface area contributed by atoms with E-state index >= 15 is 0 Å². The molecule has 1 aliphatic rings. The molecule has 1 aromatic carbocycles. The summed E-state index contributed by atoms with van der Waals surface area (Å²) in [6.45, 7) is 4.49. The van der Waals surface area contributed by atoms with Gasteiger partial charge in [0.15, 0.2) is 11.3 Å². The summed E-state index contributed by atoms with van der Waals surface area (Å²) < 4.78 is 18.5. The molecule has 0 radical (unpaired) electrons. The first kappa shape index (κ1) is 24.3. The lowest BCUT2D eigenvalue weighted by molar-refractivity contribution is -0.119. The molecule has 1 aliphatic heterocycles. The van der Waals surface area contributed by atoms with E-state index in [0.29, 0.717) is 16.8 Å². The van der Waals surface area contributed by atoms with Gasteiger partial charge >= 0.3 is 5.69 Å². The van der Waals surface area contributed by atoms with Crippen LogP contribution in [0.2, 0.25) is 0 Å². The molecule has 3 aromatic heterocycles. The van der Waals surface area contributed by atoms with Crippen molar-refractivity contribution in [2.75, 3.05) is 16.8 Å². The minimum Gasteiger partial charge on any atom is -0.366 e. The molecule has 11 nitrogen and oxygen atoms in total. The smallest absolute Gasteiger partial charge is 0.331 e. The maximum absolute atomic E-state index is 15.0. The number of fused-ring (bicyclic) bond motifs is 1. The predicted octanol–water partition coefficient (Wildman–Crippen LogP) is 2.22. The Morgan fingerprint density at radius 2 is 1.97 bits per heavy atom. The predicted molar refractivity (Wildman–Crippen MR) is 137 cm³/mol. The summed E-state index contributed by atoms with van der Waals surface area (Å²) >= 11 is 0. The zero-order valence-corrected chi connectivity index (χ0v) is 21.0. The third kappa shape index (κ3) is 4.17. The van der Waals surface area contributed by atoms with Gasteiger partial charge in [-0.25, -0.2) is 23.8 Å². The number of anilines is 2. The van der Waals surface area contributed by atoms with Crippen LogP contribution >= 0.6 is 0 Å². The fourth-order valence-corrected chi connectivity index (χ4v) is 4.75. The van der Waals surface area contributed by atoms with Crippen molar-refractivity contribution in [2.24, 2.45) is 14.1 Å². The normalized spacial score (nSPS) is 16.4. The van der Waals surface area contributed by atoms with E-state index in [0.717, 1.165) is 24.0 Å². The van der Waals surface area contributed by atoms with Gasteiger partial charge in [-0.3, -0.25) is 18.7 Å². The molecule has 0 spiro atoms. The van der Waals surface area contributed by atoms with Crippen molar-refractivity contribution in [3.8, 4) is 11.4 Å². The Bertz CT molecular complexity index is 1640. The topological polar surface area (TPSA) is 120 Å². The van der Waals surface area contributed by atoms with E-state index < -0.39 is 23.2 Å². The number of carbonyl (C=O) groups excluding carboxylic acids is 1. The molecule has 0 bridgehead atoms. The summed E-state index contributed by atoms with van der Waals surface area (Å²) in [5.41, 5.74) is 0.474. The van der Waals surface area contributed by atoms with Crippen LogP contribution in [0.4, 0.5) is 15.9 Å². The lowest BCUT2D eigenvalue weighted by Gasteiger charge is -2.24. The molecular formula is C25H27FN8O3. The molecule has 192 valence electrons. The van der Waals surface area contributed by atoms with Gasteiger partial charge in [-0.15, -0.1) is 0 Å². The van der Waals surface area contributed by atoms with Gasteiger partial charge in [0.25, 0.3) is 5.56 Å². The fraction of sp³-hybridized carbons (Fsp3) is 0.360. The number of aromatic nitrogens is 6. The van der Waals surface area contributed by atoms with Gasteiger partial charge in [-0.2, -0.15) is 5.10 Å². The highest BCUT2D eigenvalue weighted by atomic mass is 19.1. The molecule has 4 heterocycles. The highest BCUT2D eigenvalue weighted by Crippen LogP contribution is 2.30. The quantitative estimate of drug-likeness (QED) is 0.441. The van der Waals surface area contributed by atoms with Crippen molar-refractivity contribution in [1.29, 1.82) is 0 Å². The lowest BCUT2D eigenvalue weighted by atomic mass is 10.1. The average molecular weight is 507 g/mol. The number of aryl methyl sites for hydroxylation is 1. The molecule has 1 N–H and O–H groups in total. The Labute approximate surface area is 211 Å². The Hall–Kier alpha value is -4.35. The summed E-state index contributed by atoms with van der Waals surface area (Å²) in [6.07, 6.45) is 4.93. The molecule has 1 fully saturated rings. The van der Waals surface area contributed by atoms with E-state index in [1.807, 2.05) is 0 Å². The zero-order chi connectivity index (χ0) is 26.4. The molecule has 5 rings (SSSR count). The summed E-state index contributed by atoms with van der Waals surface area (Å²) in [6, 6.07) is 5.83. The molecule has 0 aliphatic carbocycles. The van der Waals surface area contributed by atoms with E-state index in [1.54, 1.807) is 19.1 Å². The summed E-state index contributed by atoms with van der Waals surface area (Å²) in [5, 5.41) is 6.90. The number of hydrogen-bond acceptors (Lipinski definition) is 7. The van der Waals surface area contributed by atoms with Crippen LogP contribution in [0.5, 0.6) is 0 Å². The van der Waals surface area contributed by atoms with Crippen LogP contribution in [0.3, 0.4) is 0 Å². The molecule has 2 unspecified atom stereocenters. The van der Waals surface area contributed by atoms with Gasteiger partial charge in [-0.1, -0.05) is 0 Å². The van der Waals surface area contributed by atoms with Crippen molar-refractivity contribution in [3.05, 3.63) is 63.3 Å². The molecule has 37 heavy (non-hydrogen) atoms. The van der Waals surface area contributed by atoms with Crippen molar-refractivity contribution in [1.82, 2.24) is 28.9 Å². The second-order valence-electron chi connectivity index (χ2n) is 9.31. The number of rotatable bonds is 5. The van der Waals surface area contributed by atoms with Crippen LogP contribution in [0, 0.1) is 5.82 Å². The summed E-state index contributed by atoms with van der Waals surface area (Å²) in [4.78, 5) is 48.7. The van der Waals surface area contributed by atoms with Gasteiger partial charge in [0.05, 0.1) is 17.4 Å². The minimum atomic E-state index is -0.889. The Morgan fingerprint density at radius 3 is 2.68 bits per heavy atom. The molecule has 12 heteroatoms. The third-order valence-corrected chi connectivity index (χ3v) is 6.94. The minimum absolute atomic E-state index is 0.138. The van der Waals surface area contributed by atoms with Crippen LogP contribution in [-0.4, -0.2) is 47.4 Å². The first-order chi connectivity index (χ1) is 17.7. The first-order valence-corrected chi connectivity index (χ1v) is 12.0. The second-order valence-corrected chi connectivity index (χ2v) is 9.31. The van der Waals surface area contributed by atoms with Gasteiger partial charge in [0.1, 0.15) is 17.7 Å². The number of benzene rings is 1. The van der Waals surface area contributed by atoms with Gasteiger partial charge in [-0.05, 0) is 51.0 Å². The van der Waals surface area contributed by atoms with E-state index in [9.17, 15) is 18.8 Å². The SMILES string of the molecule is CC1CCCN1c1ccc(-c2nccc(NC(=O)C(C)n3ncc4c3c(=O)n(C)c(=O)n4C)n2)cc1F. The van der Waals surface area contributed by atoms with Gasteiger partial charge in [0, 0.05) is 38.4 Å². The van der Waals surface area contributed by atoms with E-state index in [-0.39, 0.29) is 29.0 Å². The number of nitrogens with zero attached hydrogens (tertiary/aromatic N) is 7. The molecular weight excluding hydrogens is 479 g/mol. The van der Waals surface area contributed by atoms with Gasteiger partial charge in [0.2, 0.25) is 5.91 Å². The van der Waals surface area contributed by atoms with Crippen molar-refractivity contribution < 1.29 is 9.18 Å². The number of halogens is 1. The number of hydrogen-bond donors (Lipinski definition) is 1. The first-order valence-electron chi connectivity index (χ1n) is 12.0. The molecule has 1 saturated heterocycles. The number of amides is 1. The van der Waals surface area contributed by atoms with Crippen molar-refractivity contribution in [2.45, 2.75) is 38.8 Å². The van der Waals surface area contributed by atoms with E-state index in [1.165, 1.54) is 47.9 Å². The third-order valence-electron chi connectivity index (χ3n) is 6.94. The van der Waals surface area contributed by atoms with E-state index in [4.69, 9.17) is 0 Å². The molecule has 0 saturated carbocycles. The highest BCUT2D eigenvalue weighted by Gasteiger charge is 2.24. The average Bonchev–Trinajstić information content (AvgIpc) is 3.52. The maximum Gasteiger partial charge on any atom is 0.331 e. The number of carbonyl (C=O) groups is 1. The fourth-order valence-electron chi connectivity index (χ4n) is 4.75. The molecule has 4 aromatic rings. The second kappa shape index (κ2) is 9.26. The van der Waals surface area contributed by atoms with Crippen LogP contribution in [0.15, 0.2) is 46.2 Å². The molecule has 2 atom stereocenters. The van der Waals surface area contributed by atoms with E-state index in [2.05, 4.69) is 32.2 Å². The Balaban J connectivity index is 1.39. The van der Waals surface area contributed by atoms with Crippen LogP contribution in [0.1, 0.15) is 32.7 Å². The van der Waals surface area contributed by atoms with Crippen LogP contribution in [-0.2, 0) is 18.9 Å². The Morgan fingerprint density at radius 1 is 1.19 bits per heavy atom. The van der Waals surface area contributed by atoms with Crippen LogP contribution < -0.4 is 21.5 Å². The zero-order valence-electron chi connectivity index (χ0n) is 21.0. The van der Waals surface area contributed by atoms with Gasteiger partial charge < -0.3 is 10.2 Å². The summed E-state index contributed by atoms with van der Waals surface area (Å²) in [7, 11) is 2.90.